The van der Waals surface area contributed by atoms with Gasteiger partial charge in [-0.25, -0.2) is 4.79 Å². The third-order valence-corrected chi connectivity index (χ3v) is 7.77. The molecular formula is C33H44F6N2O10S. The van der Waals surface area contributed by atoms with Gasteiger partial charge >= 0.3 is 18.4 Å². The minimum atomic E-state index is -4.98. The van der Waals surface area contributed by atoms with Gasteiger partial charge in [-0.15, -0.1) is 0 Å². The fourth-order valence-electron chi connectivity index (χ4n) is 4.07. The van der Waals surface area contributed by atoms with E-state index in [1.807, 2.05) is 0 Å². The summed E-state index contributed by atoms with van der Waals surface area (Å²) in [4.78, 5) is 23.9. The molecule has 2 aromatic carbocycles. The van der Waals surface area contributed by atoms with Crippen molar-refractivity contribution in [3.63, 3.8) is 0 Å². The first kappa shape index (κ1) is 44.5. The summed E-state index contributed by atoms with van der Waals surface area (Å²) >= 11 is 0. The summed E-state index contributed by atoms with van der Waals surface area (Å²) in [6.45, 7) is 5.60. The quantitative estimate of drug-likeness (QED) is 0.0832. The second-order valence-electron chi connectivity index (χ2n) is 12.0. The monoisotopic (exact) mass is 774 g/mol. The van der Waals surface area contributed by atoms with Crippen LogP contribution in [0.4, 0.5) is 31.1 Å². The summed E-state index contributed by atoms with van der Waals surface area (Å²) in [5.41, 5.74) is -3.41. The molecule has 0 radical (unpaired) electrons. The van der Waals surface area contributed by atoms with Crippen LogP contribution in [-0.4, -0.2) is 92.0 Å². The average Bonchev–Trinajstić information content (AvgIpc) is 3.04. The minimum absolute atomic E-state index is 0.00645. The van der Waals surface area contributed by atoms with Crippen LogP contribution in [0.2, 0.25) is 0 Å². The van der Waals surface area contributed by atoms with E-state index in [1.165, 1.54) is 24.3 Å². The second kappa shape index (κ2) is 21.2. The van der Waals surface area contributed by atoms with Gasteiger partial charge in [0, 0.05) is 18.7 Å². The lowest BCUT2D eigenvalue weighted by molar-refractivity contribution is -0.143. The molecule has 0 aliphatic rings. The first-order chi connectivity index (χ1) is 24.3. The Morgan fingerprint density at radius 1 is 0.673 bits per heavy atom. The predicted molar refractivity (Wildman–Crippen MR) is 174 cm³/mol. The number of benzene rings is 2. The number of hydrogen-bond donors (Lipinski definition) is 2. The van der Waals surface area contributed by atoms with Crippen molar-refractivity contribution in [1.29, 1.82) is 0 Å². The number of carbonyl (C=O) groups excluding carboxylic acids is 2. The molecule has 0 heterocycles. The Morgan fingerprint density at radius 3 is 1.73 bits per heavy atom. The van der Waals surface area contributed by atoms with Crippen molar-refractivity contribution in [2.45, 2.75) is 62.9 Å². The molecule has 0 aliphatic carbocycles. The highest BCUT2D eigenvalue weighted by molar-refractivity contribution is 7.86. The average molecular weight is 775 g/mol. The zero-order valence-corrected chi connectivity index (χ0v) is 29.8. The maximum Gasteiger partial charge on any atom is 0.416 e. The number of ether oxygens (including phenoxy) is 5. The third-order valence-electron chi connectivity index (χ3n) is 6.46. The molecule has 0 fully saturated rings. The number of nitrogens with one attached hydrogen (secondary N) is 2. The standard InChI is InChI=1S/C33H44F6N2O10S/c1-31(2,3)51-30(43)41-11-6-4-5-10-40-29(42)24-8-7-9-28(20-24)52(44,45)50-19-17-48-15-13-46-12-14-47-16-18-49-27-22-25(32(34,35)36)21-26(23-27)33(37,38)39/h7-9,20-23H,4-6,10-19H2,1-3H3,(H,40,42)(H,41,43). The smallest absolute Gasteiger partial charge is 0.416 e. The number of carbonyl (C=O) groups is 2. The summed E-state index contributed by atoms with van der Waals surface area (Å²) in [6, 6.07) is 6.34. The molecule has 2 amide bonds. The van der Waals surface area contributed by atoms with Gasteiger partial charge in [-0.05, 0) is 76.4 Å². The van der Waals surface area contributed by atoms with E-state index in [2.05, 4.69) is 10.6 Å². The van der Waals surface area contributed by atoms with E-state index in [0.717, 1.165) is 6.42 Å². The second-order valence-corrected chi connectivity index (χ2v) is 13.6. The normalized spacial score (nSPS) is 12.4. The van der Waals surface area contributed by atoms with Gasteiger partial charge in [0.1, 0.15) is 18.0 Å². The van der Waals surface area contributed by atoms with Crippen molar-refractivity contribution in [2.75, 3.05) is 65.9 Å². The molecule has 2 aromatic rings. The largest absolute Gasteiger partial charge is 0.491 e. The molecule has 0 saturated heterocycles. The van der Waals surface area contributed by atoms with E-state index in [1.54, 1.807) is 20.8 Å². The van der Waals surface area contributed by atoms with Crippen LogP contribution in [0.3, 0.4) is 0 Å². The van der Waals surface area contributed by atoms with Crippen molar-refractivity contribution >= 4 is 22.1 Å². The molecule has 0 spiro atoms. The number of rotatable bonds is 22. The van der Waals surface area contributed by atoms with Crippen molar-refractivity contribution < 1.29 is 72.2 Å². The highest BCUT2D eigenvalue weighted by Gasteiger charge is 2.37. The zero-order chi connectivity index (χ0) is 38.8. The van der Waals surface area contributed by atoms with Gasteiger partial charge in [0.05, 0.1) is 62.3 Å². The molecule has 0 bridgehead atoms. The van der Waals surface area contributed by atoms with E-state index in [0.29, 0.717) is 38.1 Å². The fraction of sp³-hybridized carbons (Fsp3) is 0.576. The van der Waals surface area contributed by atoms with Crippen LogP contribution in [-0.2, 0) is 45.6 Å². The maximum absolute atomic E-state index is 12.9. The van der Waals surface area contributed by atoms with Crippen LogP contribution in [0.15, 0.2) is 47.4 Å². The molecule has 19 heteroatoms. The molecule has 12 nitrogen and oxygen atoms in total. The van der Waals surface area contributed by atoms with Crippen LogP contribution >= 0.6 is 0 Å². The Morgan fingerprint density at radius 2 is 1.19 bits per heavy atom. The highest BCUT2D eigenvalue weighted by Crippen LogP contribution is 2.38. The van der Waals surface area contributed by atoms with E-state index in [-0.39, 0.29) is 69.4 Å². The molecule has 2 N–H and O–H groups in total. The van der Waals surface area contributed by atoms with Gasteiger partial charge in [-0.3, -0.25) is 8.98 Å². The van der Waals surface area contributed by atoms with E-state index in [9.17, 15) is 44.3 Å². The van der Waals surface area contributed by atoms with Crippen LogP contribution in [0, 0.1) is 0 Å². The number of unbranched alkanes of at least 4 members (excludes halogenated alkanes) is 2. The Bertz CT molecular complexity index is 1480. The molecule has 52 heavy (non-hydrogen) atoms. The van der Waals surface area contributed by atoms with Crippen molar-refractivity contribution in [2.24, 2.45) is 0 Å². The first-order valence-corrected chi connectivity index (χ1v) is 17.6. The van der Waals surface area contributed by atoms with Crippen molar-refractivity contribution in [3.05, 3.63) is 59.2 Å². The van der Waals surface area contributed by atoms with Gasteiger partial charge in [-0.2, -0.15) is 34.8 Å². The zero-order valence-electron chi connectivity index (χ0n) is 29.0. The molecule has 294 valence electrons. The van der Waals surface area contributed by atoms with E-state index in [4.69, 9.17) is 27.9 Å². The topological polar surface area (TPSA) is 148 Å². The molecule has 2 rings (SSSR count). The Balaban J connectivity index is 1.55. The van der Waals surface area contributed by atoms with Crippen molar-refractivity contribution in [3.8, 4) is 5.75 Å². The molecule has 0 unspecified atom stereocenters. The van der Waals surface area contributed by atoms with E-state index < -0.39 is 56.9 Å². The van der Waals surface area contributed by atoms with Gasteiger partial charge in [-0.1, -0.05) is 6.07 Å². The van der Waals surface area contributed by atoms with Gasteiger partial charge < -0.3 is 34.3 Å². The summed E-state index contributed by atoms with van der Waals surface area (Å²) < 4.78 is 134. The minimum Gasteiger partial charge on any atom is -0.491 e. The van der Waals surface area contributed by atoms with Crippen LogP contribution in [0.5, 0.6) is 5.75 Å². The molecule has 0 saturated carbocycles. The first-order valence-electron chi connectivity index (χ1n) is 16.2. The summed E-state index contributed by atoms with van der Waals surface area (Å²) in [5, 5.41) is 5.38. The third kappa shape index (κ3) is 18.2. The van der Waals surface area contributed by atoms with Gasteiger partial charge in [0.25, 0.3) is 16.0 Å². The van der Waals surface area contributed by atoms with E-state index >= 15 is 0 Å². The lowest BCUT2D eigenvalue weighted by Crippen LogP contribution is -2.33. The summed E-state index contributed by atoms with van der Waals surface area (Å²) in [7, 11) is -4.18. The number of amides is 2. The predicted octanol–water partition coefficient (Wildman–Crippen LogP) is 5.98. The lowest BCUT2D eigenvalue weighted by atomic mass is 10.1. The SMILES string of the molecule is CC(C)(C)OC(=O)NCCCCCNC(=O)c1cccc(S(=O)(=O)OCCOCCOCCOCCOc2cc(C(F)(F)F)cc(C(F)(F)F)c2)c1. The van der Waals surface area contributed by atoms with Gasteiger partial charge in [0.15, 0.2) is 0 Å². The Kier molecular flexibility index (Phi) is 18.1. The number of alkyl halides is 6. The summed E-state index contributed by atoms with van der Waals surface area (Å²) in [6.07, 6.45) is -8.40. The highest BCUT2D eigenvalue weighted by atomic mass is 32.2. The fourth-order valence-corrected chi connectivity index (χ4v) is 5.01. The van der Waals surface area contributed by atoms with Crippen molar-refractivity contribution in [1.82, 2.24) is 10.6 Å². The number of halogens is 6. The van der Waals surface area contributed by atoms with Crippen LogP contribution < -0.4 is 15.4 Å². The molecule has 0 atom stereocenters. The lowest BCUT2D eigenvalue weighted by Gasteiger charge is -2.19. The molecule has 0 aromatic heterocycles. The molecule has 0 aliphatic heterocycles. The number of alkyl carbamates (subject to hydrolysis) is 1. The Labute approximate surface area is 298 Å². The Hall–Kier alpha value is -3.65. The molecular weight excluding hydrogens is 730 g/mol. The van der Waals surface area contributed by atoms with Gasteiger partial charge in [0.2, 0.25) is 0 Å². The maximum atomic E-state index is 12.9. The van der Waals surface area contributed by atoms with Crippen LogP contribution in [0.1, 0.15) is 61.5 Å². The summed E-state index contributed by atoms with van der Waals surface area (Å²) in [5.74, 6) is -1.05. The number of hydrogen-bond acceptors (Lipinski definition) is 10. The van der Waals surface area contributed by atoms with Crippen LogP contribution in [0.25, 0.3) is 0 Å².